The van der Waals surface area contributed by atoms with Crippen molar-refractivity contribution in [2.24, 2.45) is 5.92 Å². The molecule has 1 aromatic carbocycles. The average molecular weight is 398 g/mol. The van der Waals surface area contributed by atoms with Gasteiger partial charge in [-0.15, -0.1) is 0 Å². The van der Waals surface area contributed by atoms with E-state index in [1.165, 1.54) is 6.42 Å². The number of aromatic nitrogens is 2. The van der Waals surface area contributed by atoms with Gasteiger partial charge >= 0.3 is 0 Å². The average Bonchev–Trinajstić information content (AvgIpc) is 3.35. The topological polar surface area (TPSA) is 85.7 Å². The molecule has 0 spiro atoms. The summed E-state index contributed by atoms with van der Waals surface area (Å²) in [4.78, 5) is 26.7. The van der Waals surface area contributed by atoms with E-state index in [1.807, 2.05) is 18.3 Å². The van der Waals surface area contributed by atoms with Gasteiger partial charge in [0.25, 0.3) is 0 Å². The fourth-order valence-electron chi connectivity index (χ4n) is 3.83. The molecular formula is C21H26N4O4. The first-order valence-electron chi connectivity index (χ1n) is 10.0. The lowest BCUT2D eigenvalue weighted by atomic mass is 10.1. The highest BCUT2D eigenvalue weighted by molar-refractivity contribution is 6.03. The van der Waals surface area contributed by atoms with Crippen molar-refractivity contribution in [2.75, 3.05) is 30.5 Å². The molecule has 1 N–H and O–H groups in total. The van der Waals surface area contributed by atoms with E-state index in [2.05, 4.69) is 10.4 Å². The largest absolute Gasteiger partial charge is 0.497 e. The number of nitrogens with zero attached hydrogens (tertiary/aromatic N) is 3. The van der Waals surface area contributed by atoms with E-state index in [-0.39, 0.29) is 24.3 Å². The first kappa shape index (κ1) is 19.4. The van der Waals surface area contributed by atoms with Crippen molar-refractivity contribution in [1.82, 2.24) is 9.78 Å². The monoisotopic (exact) mass is 398 g/mol. The number of ether oxygens (including phenoxy) is 2. The van der Waals surface area contributed by atoms with Crippen molar-refractivity contribution in [3.63, 3.8) is 0 Å². The molecule has 3 heterocycles. The third kappa shape index (κ3) is 4.59. The van der Waals surface area contributed by atoms with Crippen molar-refractivity contribution in [1.29, 1.82) is 0 Å². The van der Waals surface area contributed by atoms with Gasteiger partial charge in [0.1, 0.15) is 5.75 Å². The normalized spacial score (nSPS) is 22.0. The third-order valence-electron chi connectivity index (χ3n) is 5.45. The second-order valence-electron chi connectivity index (χ2n) is 7.53. The number of anilines is 2. The van der Waals surface area contributed by atoms with E-state index in [4.69, 9.17) is 9.47 Å². The van der Waals surface area contributed by atoms with Crippen LogP contribution in [0, 0.1) is 5.92 Å². The zero-order chi connectivity index (χ0) is 20.2. The lowest BCUT2D eigenvalue weighted by Crippen LogP contribution is -2.28. The molecular weight excluding hydrogens is 372 g/mol. The van der Waals surface area contributed by atoms with E-state index < -0.39 is 5.92 Å². The van der Waals surface area contributed by atoms with Crippen molar-refractivity contribution in [3.8, 4) is 5.75 Å². The van der Waals surface area contributed by atoms with E-state index in [1.54, 1.807) is 35.0 Å². The van der Waals surface area contributed by atoms with E-state index in [0.29, 0.717) is 18.8 Å². The predicted octanol–water partition coefficient (Wildman–Crippen LogP) is 2.45. The summed E-state index contributed by atoms with van der Waals surface area (Å²) in [5, 5.41) is 7.21. The number of nitrogens with one attached hydrogen (secondary N) is 1. The fourth-order valence-corrected chi connectivity index (χ4v) is 3.83. The third-order valence-corrected chi connectivity index (χ3v) is 5.45. The molecule has 4 rings (SSSR count). The molecule has 2 atom stereocenters. The molecule has 0 saturated carbocycles. The van der Waals surface area contributed by atoms with Crippen LogP contribution in [0.25, 0.3) is 0 Å². The van der Waals surface area contributed by atoms with Crippen LogP contribution in [0.1, 0.15) is 25.7 Å². The fraction of sp³-hybridized carbons (Fsp3) is 0.476. The second kappa shape index (κ2) is 8.65. The zero-order valence-electron chi connectivity index (χ0n) is 16.5. The SMILES string of the molecule is COc1ccc(N2C[C@H](C(=O)Nc3cnn(C[C@@H]4CCCCO4)c3)CC2=O)cc1. The number of carbonyl (C=O) groups is 2. The summed E-state index contributed by atoms with van der Waals surface area (Å²) in [6.07, 6.45) is 7.15. The number of methoxy groups -OCH3 is 1. The molecule has 2 fully saturated rings. The van der Waals surface area contributed by atoms with Crippen LogP contribution >= 0.6 is 0 Å². The van der Waals surface area contributed by atoms with Crippen molar-refractivity contribution < 1.29 is 19.1 Å². The maximum atomic E-state index is 12.7. The standard InChI is InChI=1S/C21H26N4O4/c1-28-18-7-5-17(6-8-18)25-12-15(10-20(25)26)21(27)23-16-11-22-24(13-16)14-19-4-2-3-9-29-19/h5-8,11,13,15,19H,2-4,9-10,12,14H2,1H3,(H,23,27)/t15-,19+/m1/s1. The Morgan fingerprint density at radius 2 is 2.14 bits per heavy atom. The maximum absolute atomic E-state index is 12.7. The lowest BCUT2D eigenvalue weighted by molar-refractivity contribution is -0.122. The molecule has 154 valence electrons. The molecule has 8 nitrogen and oxygen atoms in total. The smallest absolute Gasteiger partial charge is 0.229 e. The number of benzene rings is 1. The highest BCUT2D eigenvalue weighted by Crippen LogP contribution is 2.27. The van der Waals surface area contributed by atoms with Crippen LogP contribution in [0.3, 0.4) is 0 Å². The molecule has 2 aliphatic heterocycles. The Hall–Kier alpha value is -2.87. The van der Waals surface area contributed by atoms with Crippen LogP contribution in [0.2, 0.25) is 0 Å². The van der Waals surface area contributed by atoms with Crippen LogP contribution in [0.5, 0.6) is 5.75 Å². The summed E-state index contributed by atoms with van der Waals surface area (Å²) >= 11 is 0. The molecule has 8 heteroatoms. The van der Waals surface area contributed by atoms with Crippen LogP contribution in [0.4, 0.5) is 11.4 Å². The predicted molar refractivity (Wildman–Crippen MR) is 108 cm³/mol. The van der Waals surface area contributed by atoms with Crippen LogP contribution in [0.15, 0.2) is 36.7 Å². The second-order valence-corrected chi connectivity index (χ2v) is 7.53. The molecule has 2 aliphatic rings. The van der Waals surface area contributed by atoms with E-state index in [0.717, 1.165) is 30.9 Å². The van der Waals surface area contributed by atoms with Crippen LogP contribution < -0.4 is 15.0 Å². The number of carbonyl (C=O) groups excluding carboxylic acids is 2. The molecule has 2 aromatic rings. The van der Waals surface area contributed by atoms with Crippen molar-refractivity contribution in [3.05, 3.63) is 36.7 Å². The van der Waals surface area contributed by atoms with Crippen molar-refractivity contribution in [2.45, 2.75) is 38.3 Å². The summed E-state index contributed by atoms with van der Waals surface area (Å²) < 4.78 is 12.7. The number of amides is 2. The molecule has 0 aliphatic carbocycles. The highest BCUT2D eigenvalue weighted by Gasteiger charge is 2.35. The van der Waals surface area contributed by atoms with Gasteiger partial charge in [-0.2, -0.15) is 5.10 Å². The summed E-state index contributed by atoms with van der Waals surface area (Å²) in [7, 11) is 1.60. The quantitative estimate of drug-likeness (QED) is 0.808. The Kier molecular flexibility index (Phi) is 5.80. The van der Waals surface area contributed by atoms with Gasteiger partial charge in [-0.25, -0.2) is 0 Å². The van der Waals surface area contributed by atoms with Gasteiger partial charge in [0.15, 0.2) is 0 Å². The molecule has 0 bridgehead atoms. The Morgan fingerprint density at radius 1 is 1.31 bits per heavy atom. The first-order chi connectivity index (χ1) is 14.1. The summed E-state index contributed by atoms with van der Waals surface area (Å²) in [5.74, 6) is 0.114. The maximum Gasteiger partial charge on any atom is 0.229 e. The minimum atomic E-state index is -0.394. The minimum absolute atomic E-state index is 0.0551. The van der Waals surface area contributed by atoms with Crippen LogP contribution in [-0.2, 0) is 20.9 Å². The van der Waals surface area contributed by atoms with Gasteiger partial charge in [0.2, 0.25) is 11.8 Å². The van der Waals surface area contributed by atoms with E-state index >= 15 is 0 Å². The Bertz CT molecular complexity index is 858. The van der Waals surface area contributed by atoms with Gasteiger partial charge in [0.05, 0.1) is 37.6 Å². The van der Waals surface area contributed by atoms with E-state index in [9.17, 15) is 9.59 Å². The summed E-state index contributed by atoms with van der Waals surface area (Å²) in [6, 6.07) is 7.27. The first-order valence-corrected chi connectivity index (χ1v) is 10.0. The van der Waals surface area contributed by atoms with Gasteiger partial charge in [0, 0.05) is 31.5 Å². The van der Waals surface area contributed by atoms with Gasteiger partial charge < -0.3 is 19.7 Å². The Morgan fingerprint density at radius 3 is 2.86 bits per heavy atom. The Labute approximate surface area is 169 Å². The Balaban J connectivity index is 1.33. The van der Waals surface area contributed by atoms with Crippen molar-refractivity contribution >= 4 is 23.2 Å². The van der Waals surface area contributed by atoms with Gasteiger partial charge in [-0.1, -0.05) is 0 Å². The van der Waals surface area contributed by atoms with Crippen LogP contribution in [-0.4, -0.2) is 48.0 Å². The highest BCUT2D eigenvalue weighted by atomic mass is 16.5. The molecule has 2 amide bonds. The van der Waals surface area contributed by atoms with Gasteiger partial charge in [-0.05, 0) is 43.5 Å². The molecule has 1 aromatic heterocycles. The number of rotatable bonds is 6. The summed E-state index contributed by atoms with van der Waals surface area (Å²) in [5.41, 5.74) is 1.41. The lowest BCUT2D eigenvalue weighted by Gasteiger charge is -2.22. The molecule has 0 unspecified atom stereocenters. The molecule has 2 saturated heterocycles. The minimum Gasteiger partial charge on any atom is -0.497 e. The number of hydrogen-bond donors (Lipinski definition) is 1. The molecule has 0 radical (unpaired) electrons. The molecule has 29 heavy (non-hydrogen) atoms. The zero-order valence-corrected chi connectivity index (χ0v) is 16.5. The number of hydrogen-bond acceptors (Lipinski definition) is 5. The summed E-state index contributed by atoms with van der Waals surface area (Å²) in [6.45, 7) is 1.85. The van der Waals surface area contributed by atoms with Gasteiger partial charge in [-0.3, -0.25) is 14.3 Å².